The molecule has 1 aliphatic carbocycles. The van der Waals surface area contributed by atoms with Crippen LogP contribution in [0.5, 0.6) is 0 Å². The average molecular weight is 441 g/mol. The quantitative estimate of drug-likeness (QED) is 0.615. The normalized spacial score (nSPS) is 23.2. The van der Waals surface area contributed by atoms with E-state index in [1.807, 2.05) is 36.4 Å². The van der Waals surface area contributed by atoms with Crippen molar-refractivity contribution in [3.63, 3.8) is 0 Å². The topological polar surface area (TPSA) is 75.7 Å². The number of methoxy groups -OCH3 is 1. The minimum Gasteiger partial charge on any atom is -0.468 e. The van der Waals surface area contributed by atoms with Gasteiger partial charge in [-0.1, -0.05) is 56.7 Å². The molecule has 6 nitrogen and oxygen atoms in total. The third-order valence-corrected chi connectivity index (χ3v) is 6.62. The van der Waals surface area contributed by atoms with Crippen LogP contribution in [0.15, 0.2) is 42.1 Å². The number of benzene rings is 1. The number of esters is 1. The summed E-state index contributed by atoms with van der Waals surface area (Å²) in [5, 5.41) is 2.95. The van der Waals surface area contributed by atoms with E-state index in [2.05, 4.69) is 19.2 Å². The van der Waals surface area contributed by atoms with Gasteiger partial charge in [-0.3, -0.25) is 14.4 Å². The second kappa shape index (κ2) is 10.8. The maximum Gasteiger partial charge on any atom is 0.317 e. The van der Waals surface area contributed by atoms with Gasteiger partial charge in [0, 0.05) is 24.6 Å². The number of hydrogen-bond donors (Lipinski definition) is 1. The SMILES string of the molecule is COC(=O)[C@]12CCCCC=C1N(Cc1ccccc1)C(=O)[C@H](CC(=O)NCCC(C)C)C2. The first kappa shape index (κ1) is 24.0. The highest BCUT2D eigenvalue weighted by Gasteiger charge is 2.53. The lowest BCUT2D eigenvalue weighted by Gasteiger charge is -2.46. The highest BCUT2D eigenvalue weighted by Crippen LogP contribution is 2.49. The molecule has 2 amide bonds. The summed E-state index contributed by atoms with van der Waals surface area (Å²) in [6, 6.07) is 9.78. The molecule has 3 rings (SSSR count). The molecule has 32 heavy (non-hydrogen) atoms. The lowest BCUT2D eigenvalue weighted by molar-refractivity contribution is -0.160. The van der Waals surface area contributed by atoms with Crippen LogP contribution in [0, 0.1) is 17.3 Å². The van der Waals surface area contributed by atoms with Crippen molar-refractivity contribution in [3.05, 3.63) is 47.7 Å². The first-order valence-electron chi connectivity index (χ1n) is 11.8. The lowest BCUT2D eigenvalue weighted by Crippen LogP contribution is -2.53. The first-order valence-corrected chi connectivity index (χ1v) is 11.8. The van der Waals surface area contributed by atoms with Crippen LogP contribution < -0.4 is 5.32 Å². The number of nitrogens with one attached hydrogen (secondary N) is 1. The Balaban J connectivity index is 1.91. The van der Waals surface area contributed by atoms with Crippen molar-refractivity contribution in [1.82, 2.24) is 10.2 Å². The average Bonchev–Trinajstić information content (AvgIpc) is 2.99. The zero-order valence-corrected chi connectivity index (χ0v) is 19.6. The van der Waals surface area contributed by atoms with Crippen LogP contribution in [0.2, 0.25) is 0 Å². The summed E-state index contributed by atoms with van der Waals surface area (Å²) in [4.78, 5) is 41.2. The molecule has 1 aromatic rings. The molecular formula is C26H36N2O4. The van der Waals surface area contributed by atoms with Gasteiger partial charge < -0.3 is 15.0 Å². The Labute approximate surface area is 191 Å². The number of allylic oxidation sites excluding steroid dienone is 1. The summed E-state index contributed by atoms with van der Waals surface area (Å²) >= 11 is 0. The minimum atomic E-state index is -0.878. The van der Waals surface area contributed by atoms with E-state index < -0.39 is 11.3 Å². The summed E-state index contributed by atoms with van der Waals surface area (Å²) in [7, 11) is 1.41. The van der Waals surface area contributed by atoms with E-state index >= 15 is 0 Å². The third-order valence-electron chi connectivity index (χ3n) is 6.62. The standard InChI is InChI=1S/C26H36N2O4/c1-19(2)13-15-27-23(29)16-21-17-26(25(31)32-3)14-9-5-8-12-22(26)28(24(21)30)18-20-10-6-4-7-11-20/h4,6-7,10-12,19,21H,5,8-9,13-18H2,1-3H3,(H,27,29)/t21-,26+/m1/s1. The van der Waals surface area contributed by atoms with Crippen molar-refractivity contribution >= 4 is 17.8 Å². The van der Waals surface area contributed by atoms with Gasteiger partial charge in [-0.2, -0.15) is 0 Å². The lowest BCUT2D eigenvalue weighted by atomic mass is 9.69. The van der Waals surface area contributed by atoms with Gasteiger partial charge in [-0.05, 0) is 43.6 Å². The fraction of sp³-hybridized carbons (Fsp3) is 0.577. The summed E-state index contributed by atoms with van der Waals surface area (Å²) in [5.74, 6) is -0.576. The van der Waals surface area contributed by atoms with Gasteiger partial charge in [0.05, 0.1) is 13.7 Å². The Bertz CT molecular complexity index is 849. The maximum atomic E-state index is 13.6. The second-order valence-electron chi connectivity index (χ2n) is 9.46. The number of ether oxygens (including phenoxy) is 1. The van der Waals surface area contributed by atoms with Crippen LogP contribution in [0.4, 0.5) is 0 Å². The smallest absolute Gasteiger partial charge is 0.317 e. The molecule has 1 aliphatic heterocycles. The van der Waals surface area contributed by atoms with Gasteiger partial charge in [0.25, 0.3) is 0 Å². The largest absolute Gasteiger partial charge is 0.468 e. The fourth-order valence-corrected chi connectivity index (χ4v) is 4.93. The van der Waals surface area contributed by atoms with Gasteiger partial charge in [0.1, 0.15) is 5.41 Å². The Morgan fingerprint density at radius 1 is 1.22 bits per heavy atom. The number of carbonyl (C=O) groups is 3. The van der Waals surface area contributed by atoms with Crippen LogP contribution in [-0.2, 0) is 25.7 Å². The van der Waals surface area contributed by atoms with Crippen molar-refractivity contribution in [2.75, 3.05) is 13.7 Å². The van der Waals surface area contributed by atoms with Crippen LogP contribution in [0.3, 0.4) is 0 Å². The molecule has 0 saturated carbocycles. The summed E-state index contributed by atoms with van der Waals surface area (Å²) < 4.78 is 5.27. The van der Waals surface area contributed by atoms with Gasteiger partial charge in [0.15, 0.2) is 0 Å². The number of nitrogens with zero attached hydrogens (tertiary/aromatic N) is 1. The molecule has 1 fully saturated rings. The number of piperidine rings is 1. The molecule has 0 bridgehead atoms. The molecule has 0 unspecified atom stereocenters. The van der Waals surface area contributed by atoms with Crippen LogP contribution in [0.1, 0.15) is 64.4 Å². The molecule has 0 spiro atoms. The number of fused-ring (bicyclic) bond motifs is 1. The fourth-order valence-electron chi connectivity index (χ4n) is 4.93. The monoisotopic (exact) mass is 440 g/mol. The molecule has 2 aliphatic rings. The molecule has 0 radical (unpaired) electrons. The molecule has 1 saturated heterocycles. The molecule has 1 aromatic carbocycles. The van der Waals surface area contributed by atoms with E-state index in [1.54, 1.807) is 4.90 Å². The third kappa shape index (κ3) is 5.40. The Morgan fingerprint density at radius 2 is 1.97 bits per heavy atom. The maximum absolute atomic E-state index is 13.6. The van der Waals surface area contributed by atoms with Gasteiger partial charge >= 0.3 is 5.97 Å². The first-order chi connectivity index (χ1) is 15.4. The number of rotatable bonds is 8. The zero-order chi connectivity index (χ0) is 23.1. The van der Waals surface area contributed by atoms with Gasteiger partial charge in [-0.25, -0.2) is 0 Å². The van der Waals surface area contributed by atoms with E-state index in [9.17, 15) is 14.4 Å². The van der Waals surface area contributed by atoms with E-state index in [-0.39, 0.29) is 24.2 Å². The predicted octanol–water partition coefficient (Wildman–Crippen LogP) is 4.20. The highest BCUT2D eigenvalue weighted by atomic mass is 16.5. The molecule has 1 heterocycles. The number of amides is 2. The van der Waals surface area contributed by atoms with Gasteiger partial charge in [0.2, 0.25) is 11.8 Å². The van der Waals surface area contributed by atoms with Crippen LogP contribution in [-0.4, -0.2) is 36.3 Å². The molecule has 1 N–H and O–H groups in total. The van der Waals surface area contributed by atoms with E-state index in [0.717, 1.165) is 36.9 Å². The van der Waals surface area contributed by atoms with Crippen LogP contribution >= 0.6 is 0 Å². The summed E-state index contributed by atoms with van der Waals surface area (Å²) in [6.07, 6.45) is 6.67. The van der Waals surface area contributed by atoms with E-state index in [0.29, 0.717) is 31.8 Å². The van der Waals surface area contributed by atoms with Crippen LogP contribution in [0.25, 0.3) is 0 Å². The zero-order valence-electron chi connectivity index (χ0n) is 19.6. The van der Waals surface area contributed by atoms with E-state index in [4.69, 9.17) is 4.74 Å². The van der Waals surface area contributed by atoms with Crippen molar-refractivity contribution in [3.8, 4) is 0 Å². The van der Waals surface area contributed by atoms with Crippen molar-refractivity contribution < 1.29 is 19.1 Å². The van der Waals surface area contributed by atoms with Crippen molar-refractivity contribution in [2.45, 2.75) is 65.3 Å². The molecule has 2 atom stereocenters. The second-order valence-corrected chi connectivity index (χ2v) is 9.46. The Morgan fingerprint density at radius 3 is 2.66 bits per heavy atom. The minimum absolute atomic E-state index is 0.0828. The highest BCUT2D eigenvalue weighted by molar-refractivity contribution is 5.92. The molecule has 0 aromatic heterocycles. The number of likely N-dealkylation sites (tertiary alicyclic amines) is 1. The molecular weight excluding hydrogens is 404 g/mol. The predicted molar refractivity (Wildman–Crippen MR) is 123 cm³/mol. The Kier molecular flexibility index (Phi) is 8.10. The summed E-state index contributed by atoms with van der Waals surface area (Å²) in [6.45, 7) is 5.20. The van der Waals surface area contributed by atoms with Crippen molar-refractivity contribution in [2.24, 2.45) is 17.3 Å². The summed E-state index contributed by atoms with van der Waals surface area (Å²) in [5.41, 5.74) is 0.871. The van der Waals surface area contributed by atoms with Crippen molar-refractivity contribution in [1.29, 1.82) is 0 Å². The number of carbonyl (C=O) groups excluding carboxylic acids is 3. The molecule has 6 heteroatoms. The van der Waals surface area contributed by atoms with Gasteiger partial charge in [-0.15, -0.1) is 0 Å². The Hall–Kier alpha value is -2.63. The molecule has 174 valence electrons. The number of hydrogen-bond acceptors (Lipinski definition) is 4. The van der Waals surface area contributed by atoms with E-state index in [1.165, 1.54) is 7.11 Å².